The third-order valence-electron chi connectivity index (χ3n) is 2.84. The molecule has 0 spiro atoms. The highest BCUT2D eigenvalue weighted by molar-refractivity contribution is 5.61. The summed E-state index contributed by atoms with van der Waals surface area (Å²) in [6, 6.07) is 6.19. The predicted molar refractivity (Wildman–Crippen MR) is 69.5 cm³/mol. The van der Waals surface area contributed by atoms with E-state index in [0.717, 1.165) is 37.5 Å². The summed E-state index contributed by atoms with van der Waals surface area (Å²) in [5, 5.41) is 3.45. The van der Waals surface area contributed by atoms with E-state index in [1.54, 1.807) is 0 Å². The number of nitrogens with two attached hydrogens (primary N) is 1. The van der Waals surface area contributed by atoms with Crippen LogP contribution >= 0.6 is 0 Å². The summed E-state index contributed by atoms with van der Waals surface area (Å²) in [5.74, 6) is 0.745. The Bertz CT molecular complexity index is 362. The molecule has 0 radical (unpaired) electrons. The molecule has 1 aromatic carbocycles. The molecule has 1 heterocycles. The van der Waals surface area contributed by atoms with Gasteiger partial charge in [-0.1, -0.05) is 0 Å². The number of benzene rings is 1. The van der Waals surface area contributed by atoms with Crippen molar-refractivity contribution >= 4 is 11.4 Å². The van der Waals surface area contributed by atoms with Crippen LogP contribution in [0.2, 0.25) is 0 Å². The molecular weight excluding hydrogens is 216 g/mol. The average molecular weight is 236 g/mol. The van der Waals surface area contributed by atoms with Gasteiger partial charge in [0.25, 0.3) is 0 Å². The molecular formula is C13H20N2O2. The third-order valence-corrected chi connectivity index (χ3v) is 2.84. The van der Waals surface area contributed by atoms with Crippen LogP contribution in [0, 0.1) is 0 Å². The molecule has 17 heavy (non-hydrogen) atoms. The number of hydrogen-bond acceptors (Lipinski definition) is 4. The van der Waals surface area contributed by atoms with Crippen molar-refractivity contribution in [3.05, 3.63) is 18.2 Å². The van der Waals surface area contributed by atoms with E-state index >= 15 is 0 Å². The highest BCUT2D eigenvalue weighted by Crippen LogP contribution is 2.26. The van der Waals surface area contributed by atoms with E-state index in [1.165, 1.54) is 0 Å². The maximum absolute atomic E-state index is 5.83. The van der Waals surface area contributed by atoms with Crippen LogP contribution in [-0.4, -0.2) is 25.9 Å². The second-order valence-corrected chi connectivity index (χ2v) is 4.24. The van der Waals surface area contributed by atoms with Gasteiger partial charge in [0.2, 0.25) is 0 Å². The van der Waals surface area contributed by atoms with E-state index < -0.39 is 0 Å². The van der Waals surface area contributed by atoms with Gasteiger partial charge in [-0.25, -0.2) is 0 Å². The Morgan fingerprint density at radius 2 is 2.41 bits per heavy atom. The fraction of sp³-hybridized carbons (Fsp3) is 0.538. The van der Waals surface area contributed by atoms with Gasteiger partial charge in [0.1, 0.15) is 5.75 Å². The molecule has 1 saturated heterocycles. The van der Waals surface area contributed by atoms with Gasteiger partial charge in [-0.2, -0.15) is 0 Å². The Kier molecular flexibility index (Phi) is 4.09. The molecule has 1 fully saturated rings. The largest absolute Gasteiger partial charge is 0.492 e. The Balaban J connectivity index is 2.02. The van der Waals surface area contributed by atoms with Gasteiger partial charge in [0, 0.05) is 24.4 Å². The van der Waals surface area contributed by atoms with E-state index in [2.05, 4.69) is 5.32 Å². The lowest BCUT2D eigenvalue weighted by Crippen LogP contribution is -2.29. The molecule has 0 aliphatic carbocycles. The summed E-state index contributed by atoms with van der Waals surface area (Å²) in [4.78, 5) is 0. The number of hydrogen-bond donors (Lipinski definition) is 2. The second-order valence-electron chi connectivity index (χ2n) is 4.24. The molecule has 0 aromatic heterocycles. The number of ether oxygens (including phenoxy) is 2. The highest BCUT2D eigenvalue weighted by Gasteiger charge is 2.13. The van der Waals surface area contributed by atoms with Crippen molar-refractivity contribution in [2.24, 2.45) is 0 Å². The zero-order chi connectivity index (χ0) is 12.1. The van der Waals surface area contributed by atoms with E-state index in [-0.39, 0.29) is 0 Å². The highest BCUT2D eigenvalue weighted by atomic mass is 16.5. The van der Waals surface area contributed by atoms with Crippen molar-refractivity contribution in [2.75, 3.05) is 30.9 Å². The molecule has 0 amide bonds. The molecule has 0 saturated carbocycles. The Morgan fingerprint density at radius 3 is 3.12 bits per heavy atom. The average Bonchev–Trinajstić information content (AvgIpc) is 2.35. The fourth-order valence-electron chi connectivity index (χ4n) is 1.99. The van der Waals surface area contributed by atoms with Crippen LogP contribution in [-0.2, 0) is 4.74 Å². The number of nitrogens with one attached hydrogen (secondary N) is 1. The summed E-state index contributed by atoms with van der Waals surface area (Å²) in [6.45, 7) is 4.23. The van der Waals surface area contributed by atoms with Gasteiger partial charge in [-0.3, -0.25) is 0 Å². The maximum atomic E-state index is 5.83. The molecule has 1 atom stereocenters. The lowest BCUT2D eigenvalue weighted by molar-refractivity contribution is 0.0876. The van der Waals surface area contributed by atoms with E-state index in [4.69, 9.17) is 15.2 Å². The second kappa shape index (κ2) is 5.77. The quantitative estimate of drug-likeness (QED) is 0.787. The van der Waals surface area contributed by atoms with Gasteiger partial charge in [-0.05, 0) is 31.9 Å². The van der Waals surface area contributed by atoms with Crippen LogP contribution in [0.25, 0.3) is 0 Å². The first-order valence-electron chi connectivity index (χ1n) is 6.16. The Labute approximate surface area is 102 Å². The van der Waals surface area contributed by atoms with Crippen LogP contribution in [0.15, 0.2) is 18.2 Å². The molecule has 1 aliphatic heterocycles. The van der Waals surface area contributed by atoms with Crippen LogP contribution in [0.1, 0.15) is 19.8 Å². The van der Waals surface area contributed by atoms with Crippen molar-refractivity contribution in [1.82, 2.24) is 0 Å². The van der Waals surface area contributed by atoms with Crippen LogP contribution in [0.4, 0.5) is 11.4 Å². The molecule has 0 bridgehead atoms. The molecule has 4 heteroatoms. The van der Waals surface area contributed by atoms with E-state index in [1.807, 2.05) is 25.1 Å². The molecule has 3 N–H and O–H groups in total. The van der Waals surface area contributed by atoms with Crippen molar-refractivity contribution in [2.45, 2.75) is 25.8 Å². The monoisotopic (exact) mass is 236 g/mol. The van der Waals surface area contributed by atoms with E-state index in [0.29, 0.717) is 18.3 Å². The SMILES string of the molecule is CCOc1cc(NC2CCCOC2)ccc1N. The first kappa shape index (κ1) is 12.0. The molecule has 1 aliphatic rings. The smallest absolute Gasteiger partial charge is 0.144 e. The van der Waals surface area contributed by atoms with Gasteiger partial charge in [0.05, 0.1) is 18.9 Å². The predicted octanol–water partition coefficient (Wildman–Crippen LogP) is 2.26. The number of rotatable bonds is 4. The number of anilines is 2. The zero-order valence-electron chi connectivity index (χ0n) is 10.2. The fourth-order valence-corrected chi connectivity index (χ4v) is 1.99. The molecule has 1 aromatic rings. The Hall–Kier alpha value is -1.42. The summed E-state index contributed by atoms with van der Waals surface area (Å²) < 4.78 is 10.9. The summed E-state index contributed by atoms with van der Waals surface area (Å²) >= 11 is 0. The third kappa shape index (κ3) is 3.27. The van der Waals surface area contributed by atoms with Crippen LogP contribution in [0.3, 0.4) is 0 Å². The molecule has 2 rings (SSSR count). The van der Waals surface area contributed by atoms with Gasteiger partial charge in [-0.15, -0.1) is 0 Å². The first-order chi connectivity index (χ1) is 8.29. The molecule has 94 valence electrons. The van der Waals surface area contributed by atoms with Crippen molar-refractivity contribution in [1.29, 1.82) is 0 Å². The minimum Gasteiger partial charge on any atom is -0.492 e. The van der Waals surface area contributed by atoms with Crippen molar-refractivity contribution in [3.63, 3.8) is 0 Å². The van der Waals surface area contributed by atoms with Crippen LogP contribution < -0.4 is 15.8 Å². The topological polar surface area (TPSA) is 56.5 Å². The standard InChI is InChI=1S/C13H20N2O2/c1-2-17-13-8-10(5-6-12(13)14)15-11-4-3-7-16-9-11/h5-6,8,11,15H,2-4,7,9,14H2,1H3. The van der Waals surface area contributed by atoms with Gasteiger partial charge < -0.3 is 20.5 Å². The van der Waals surface area contributed by atoms with E-state index in [9.17, 15) is 0 Å². The van der Waals surface area contributed by atoms with Crippen molar-refractivity contribution < 1.29 is 9.47 Å². The normalized spacial score (nSPS) is 19.9. The van der Waals surface area contributed by atoms with Gasteiger partial charge >= 0.3 is 0 Å². The number of nitrogen functional groups attached to an aromatic ring is 1. The van der Waals surface area contributed by atoms with Gasteiger partial charge in [0.15, 0.2) is 0 Å². The summed E-state index contributed by atoms with van der Waals surface area (Å²) in [6.07, 6.45) is 2.26. The summed E-state index contributed by atoms with van der Waals surface area (Å²) in [7, 11) is 0. The lowest BCUT2D eigenvalue weighted by atomic mass is 10.1. The summed E-state index contributed by atoms with van der Waals surface area (Å²) in [5.41, 5.74) is 7.55. The maximum Gasteiger partial charge on any atom is 0.144 e. The van der Waals surface area contributed by atoms with Crippen LogP contribution in [0.5, 0.6) is 5.75 Å². The Morgan fingerprint density at radius 1 is 1.53 bits per heavy atom. The zero-order valence-corrected chi connectivity index (χ0v) is 10.2. The molecule has 4 nitrogen and oxygen atoms in total. The van der Waals surface area contributed by atoms with Crippen molar-refractivity contribution in [3.8, 4) is 5.75 Å². The molecule has 1 unspecified atom stereocenters. The minimum absolute atomic E-state index is 0.391. The minimum atomic E-state index is 0.391. The first-order valence-corrected chi connectivity index (χ1v) is 6.16. The lowest BCUT2D eigenvalue weighted by Gasteiger charge is -2.24.